The first-order valence-corrected chi connectivity index (χ1v) is 6.74. The summed E-state index contributed by atoms with van der Waals surface area (Å²) in [6.45, 7) is 1.74. The number of nitrogens with zero attached hydrogens (tertiary/aromatic N) is 1. The predicted octanol–water partition coefficient (Wildman–Crippen LogP) is 1.25. The molecule has 0 bridgehead atoms. The van der Waals surface area contributed by atoms with Gasteiger partial charge in [0.25, 0.3) is 0 Å². The Labute approximate surface area is 108 Å². The second-order valence-corrected chi connectivity index (χ2v) is 4.96. The molecule has 1 amide bonds. The van der Waals surface area contributed by atoms with Crippen LogP contribution >= 0.6 is 0 Å². The van der Waals surface area contributed by atoms with Gasteiger partial charge < -0.3 is 15.1 Å². The highest BCUT2D eigenvalue weighted by Gasteiger charge is 2.22. The van der Waals surface area contributed by atoms with Gasteiger partial charge in [0.05, 0.1) is 0 Å². The maximum Gasteiger partial charge on any atom is 0.303 e. The van der Waals surface area contributed by atoms with Crippen molar-refractivity contribution in [3.05, 3.63) is 0 Å². The fraction of sp³-hybridized carbons (Fsp3) is 0.846. The molecule has 2 N–H and O–H groups in total. The number of amides is 1. The monoisotopic (exact) mass is 257 g/mol. The molecule has 0 saturated carbocycles. The van der Waals surface area contributed by atoms with Crippen LogP contribution in [0.4, 0.5) is 0 Å². The van der Waals surface area contributed by atoms with Gasteiger partial charge in [0.1, 0.15) is 0 Å². The van der Waals surface area contributed by atoms with Crippen molar-refractivity contribution in [3.63, 3.8) is 0 Å². The molecular formula is C13H23NO4. The van der Waals surface area contributed by atoms with Crippen LogP contribution in [-0.4, -0.2) is 46.7 Å². The molecule has 1 saturated heterocycles. The summed E-state index contributed by atoms with van der Waals surface area (Å²) in [7, 11) is 0. The first-order valence-electron chi connectivity index (χ1n) is 6.74. The van der Waals surface area contributed by atoms with E-state index in [9.17, 15) is 9.59 Å². The number of likely N-dealkylation sites (tertiary alicyclic amines) is 1. The van der Waals surface area contributed by atoms with Crippen LogP contribution in [0.1, 0.15) is 44.9 Å². The van der Waals surface area contributed by atoms with Crippen molar-refractivity contribution in [1.82, 2.24) is 4.90 Å². The number of carbonyl (C=O) groups is 2. The van der Waals surface area contributed by atoms with Crippen molar-refractivity contribution < 1.29 is 19.8 Å². The maximum absolute atomic E-state index is 11.9. The molecule has 1 atom stereocenters. The van der Waals surface area contributed by atoms with Crippen LogP contribution in [-0.2, 0) is 9.59 Å². The summed E-state index contributed by atoms with van der Waals surface area (Å²) in [6, 6.07) is 0. The van der Waals surface area contributed by atoms with Crippen LogP contribution in [0.3, 0.4) is 0 Å². The molecule has 1 aliphatic rings. The quantitative estimate of drug-likeness (QED) is 0.673. The molecule has 5 heteroatoms. The van der Waals surface area contributed by atoms with Crippen molar-refractivity contribution in [2.75, 3.05) is 19.7 Å². The summed E-state index contributed by atoms with van der Waals surface area (Å²) in [5, 5.41) is 17.4. The van der Waals surface area contributed by atoms with Crippen LogP contribution < -0.4 is 0 Å². The SMILES string of the molecule is O=C(O)CCCCC(=O)N1CCCC(CCO)C1. The van der Waals surface area contributed by atoms with Gasteiger partial charge in [0.2, 0.25) is 5.91 Å². The molecule has 0 radical (unpaired) electrons. The molecule has 0 aliphatic carbocycles. The summed E-state index contributed by atoms with van der Waals surface area (Å²) in [4.78, 5) is 24.1. The van der Waals surface area contributed by atoms with Crippen LogP contribution in [0.5, 0.6) is 0 Å². The summed E-state index contributed by atoms with van der Waals surface area (Å²) in [5.41, 5.74) is 0. The molecule has 1 aliphatic heterocycles. The topological polar surface area (TPSA) is 77.8 Å². The van der Waals surface area contributed by atoms with E-state index in [-0.39, 0.29) is 18.9 Å². The molecule has 18 heavy (non-hydrogen) atoms. The molecule has 0 spiro atoms. The van der Waals surface area contributed by atoms with Crippen LogP contribution in [0.15, 0.2) is 0 Å². The Hall–Kier alpha value is -1.10. The summed E-state index contributed by atoms with van der Waals surface area (Å²) in [6.07, 6.45) is 4.65. The number of carboxylic acid groups (broad SMARTS) is 1. The molecule has 1 rings (SSSR count). The average molecular weight is 257 g/mol. The van der Waals surface area contributed by atoms with Gasteiger partial charge in [-0.15, -0.1) is 0 Å². The van der Waals surface area contributed by atoms with E-state index in [0.717, 1.165) is 32.4 Å². The lowest BCUT2D eigenvalue weighted by Crippen LogP contribution is -2.40. The molecule has 1 fully saturated rings. The highest BCUT2D eigenvalue weighted by Crippen LogP contribution is 2.20. The van der Waals surface area contributed by atoms with Gasteiger partial charge in [0.15, 0.2) is 0 Å². The van der Waals surface area contributed by atoms with Crippen molar-refractivity contribution in [2.24, 2.45) is 5.92 Å². The minimum absolute atomic E-state index is 0.128. The molecule has 1 unspecified atom stereocenters. The molecule has 0 aromatic rings. The van der Waals surface area contributed by atoms with Gasteiger partial charge in [-0.05, 0) is 38.0 Å². The Balaban J connectivity index is 2.21. The standard InChI is InChI=1S/C13H23NO4/c15-9-7-11-4-3-8-14(10-11)12(16)5-1-2-6-13(17)18/h11,15H,1-10H2,(H,17,18). The maximum atomic E-state index is 11.9. The summed E-state index contributed by atoms with van der Waals surface area (Å²) < 4.78 is 0. The van der Waals surface area contributed by atoms with E-state index in [2.05, 4.69) is 0 Å². The zero-order chi connectivity index (χ0) is 13.4. The third kappa shape index (κ3) is 5.49. The van der Waals surface area contributed by atoms with Gasteiger partial charge in [-0.2, -0.15) is 0 Å². The number of hydrogen-bond donors (Lipinski definition) is 2. The number of aliphatic hydroxyl groups excluding tert-OH is 1. The first kappa shape index (κ1) is 15.0. The zero-order valence-electron chi connectivity index (χ0n) is 10.8. The van der Waals surface area contributed by atoms with E-state index in [4.69, 9.17) is 10.2 Å². The lowest BCUT2D eigenvalue weighted by molar-refractivity contribution is -0.138. The number of rotatable bonds is 7. The number of aliphatic carboxylic acids is 1. The number of carboxylic acids is 1. The van der Waals surface area contributed by atoms with Crippen molar-refractivity contribution in [2.45, 2.75) is 44.9 Å². The Kier molecular flexibility index (Phi) is 6.72. The van der Waals surface area contributed by atoms with E-state index in [1.807, 2.05) is 4.90 Å². The fourth-order valence-electron chi connectivity index (χ4n) is 2.42. The molecular weight excluding hydrogens is 234 g/mol. The highest BCUT2D eigenvalue weighted by atomic mass is 16.4. The summed E-state index contributed by atoms with van der Waals surface area (Å²) >= 11 is 0. The number of aliphatic hydroxyl groups is 1. The predicted molar refractivity (Wildman–Crippen MR) is 67.1 cm³/mol. The van der Waals surface area contributed by atoms with Gasteiger partial charge in [-0.25, -0.2) is 0 Å². The molecule has 0 aromatic heterocycles. The van der Waals surface area contributed by atoms with Crippen molar-refractivity contribution >= 4 is 11.9 Å². The van der Waals surface area contributed by atoms with E-state index in [0.29, 0.717) is 25.2 Å². The van der Waals surface area contributed by atoms with Crippen molar-refractivity contribution in [3.8, 4) is 0 Å². The van der Waals surface area contributed by atoms with Gasteiger partial charge in [-0.3, -0.25) is 9.59 Å². The normalized spacial score (nSPS) is 19.8. The number of carbonyl (C=O) groups excluding carboxylic acids is 1. The summed E-state index contributed by atoms with van der Waals surface area (Å²) in [5.74, 6) is -0.252. The third-order valence-electron chi connectivity index (χ3n) is 3.44. The molecule has 0 aromatic carbocycles. The Morgan fingerprint density at radius 1 is 1.22 bits per heavy atom. The Morgan fingerprint density at radius 2 is 1.94 bits per heavy atom. The fourth-order valence-corrected chi connectivity index (χ4v) is 2.42. The van der Waals surface area contributed by atoms with E-state index >= 15 is 0 Å². The molecule has 5 nitrogen and oxygen atoms in total. The largest absolute Gasteiger partial charge is 0.481 e. The number of unbranched alkanes of at least 4 members (excludes halogenated alkanes) is 1. The molecule has 1 heterocycles. The van der Waals surface area contributed by atoms with E-state index < -0.39 is 5.97 Å². The Morgan fingerprint density at radius 3 is 2.61 bits per heavy atom. The number of hydrogen-bond acceptors (Lipinski definition) is 3. The van der Waals surface area contributed by atoms with Gasteiger partial charge >= 0.3 is 5.97 Å². The van der Waals surface area contributed by atoms with Gasteiger partial charge in [-0.1, -0.05) is 0 Å². The van der Waals surface area contributed by atoms with E-state index in [1.165, 1.54) is 0 Å². The smallest absolute Gasteiger partial charge is 0.303 e. The van der Waals surface area contributed by atoms with Crippen molar-refractivity contribution in [1.29, 1.82) is 0 Å². The lowest BCUT2D eigenvalue weighted by atomic mass is 9.95. The van der Waals surface area contributed by atoms with Crippen LogP contribution in [0, 0.1) is 5.92 Å². The lowest BCUT2D eigenvalue weighted by Gasteiger charge is -2.32. The highest BCUT2D eigenvalue weighted by molar-refractivity contribution is 5.76. The zero-order valence-corrected chi connectivity index (χ0v) is 10.8. The Bertz CT molecular complexity index is 278. The second kappa shape index (κ2) is 8.08. The van der Waals surface area contributed by atoms with Crippen LogP contribution in [0.25, 0.3) is 0 Å². The van der Waals surface area contributed by atoms with E-state index in [1.54, 1.807) is 0 Å². The number of piperidine rings is 1. The van der Waals surface area contributed by atoms with Gasteiger partial charge in [0, 0.05) is 32.5 Å². The van der Waals surface area contributed by atoms with Crippen LogP contribution in [0.2, 0.25) is 0 Å². The third-order valence-corrected chi connectivity index (χ3v) is 3.44. The minimum atomic E-state index is -0.802. The average Bonchev–Trinajstić information content (AvgIpc) is 2.35. The minimum Gasteiger partial charge on any atom is -0.481 e. The first-order chi connectivity index (χ1) is 8.63. The second-order valence-electron chi connectivity index (χ2n) is 4.96. The molecule has 104 valence electrons.